The number of nitrogens with zero attached hydrogens (tertiary/aromatic N) is 1. The number of ether oxygens (including phenoxy) is 4. The number of esters is 1. The molecule has 0 spiro atoms. The van der Waals surface area contributed by atoms with Crippen LogP contribution in [0, 0.1) is 0 Å². The predicted molar refractivity (Wildman–Crippen MR) is 72.7 cm³/mol. The summed E-state index contributed by atoms with van der Waals surface area (Å²) < 4.78 is 20.9. The molecule has 2 saturated heterocycles. The molecule has 2 aliphatic heterocycles. The molecule has 7 heteroatoms. The molecule has 0 unspecified atom stereocenters. The SMILES string of the molecule is COC(=O)CCN(C[C@@H]1CCCO1)C(=O)[C@@H]1COCCO1. The average Bonchev–Trinajstić information content (AvgIpc) is 3.04. The average molecular weight is 301 g/mol. The first-order chi connectivity index (χ1) is 10.2. The highest BCUT2D eigenvalue weighted by Gasteiger charge is 2.30. The number of carbonyl (C=O) groups is 2. The van der Waals surface area contributed by atoms with Crippen LogP contribution < -0.4 is 0 Å². The Morgan fingerprint density at radius 3 is 2.71 bits per heavy atom. The summed E-state index contributed by atoms with van der Waals surface area (Å²) in [5.74, 6) is -0.477. The summed E-state index contributed by atoms with van der Waals surface area (Å²) in [4.78, 5) is 25.4. The molecule has 0 bridgehead atoms. The maximum Gasteiger partial charge on any atom is 0.307 e. The van der Waals surface area contributed by atoms with Gasteiger partial charge in [-0.25, -0.2) is 0 Å². The molecule has 2 rings (SSSR count). The van der Waals surface area contributed by atoms with Gasteiger partial charge in [0.15, 0.2) is 6.10 Å². The summed E-state index contributed by atoms with van der Waals surface area (Å²) in [5.41, 5.74) is 0. The summed E-state index contributed by atoms with van der Waals surface area (Å²) in [6.07, 6.45) is 1.56. The lowest BCUT2D eigenvalue weighted by Gasteiger charge is -2.30. The second kappa shape index (κ2) is 8.31. The van der Waals surface area contributed by atoms with Crippen LogP contribution in [0.15, 0.2) is 0 Å². The zero-order valence-electron chi connectivity index (χ0n) is 12.4. The van der Waals surface area contributed by atoms with E-state index in [1.807, 2.05) is 0 Å². The Morgan fingerprint density at radius 2 is 2.10 bits per heavy atom. The number of hydrogen-bond donors (Lipinski definition) is 0. The van der Waals surface area contributed by atoms with E-state index in [0.29, 0.717) is 26.3 Å². The van der Waals surface area contributed by atoms with Crippen LogP contribution in [0.1, 0.15) is 19.3 Å². The molecule has 0 aromatic rings. The molecular weight excluding hydrogens is 278 g/mol. The van der Waals surface area contributed by atoms with E-state index in [1.165, 1.54) is 7.11 Å². The summed E-state index contributed by atoms with van der Waals surface area (Å²) in [5, 5.41) is 0. The van der Waals surface area contributed by atoms with Crippen molar-refractivity contribution in [1.29, 1.82) is 0 Å². The van der Waals surface area contributed by atoms with Crippen molar-refractivity contribution in [2.45, 2.75) is 31.5 Å². The van der Waals surface area contributed by atoms with Gasteiger partial charge in [0.2, 0.25) is 0 Å². The van der Waals surface area contributed by atoms with Crippen molar-refractivity contribution in [3.63, 3.8) is 0 Å². The Morgan fingerprint density at radius 1 is 1.24 bits per heavy atom. The fourth-order valence-electron chi connectivity index (χ4n) is 2.49. The normalized spacial score (nSPS) is 25.6. The number of hydrogen-bond acceptors (Lipinski definition) is 6. The Hall–Kier alpha value is -1.18. The molecule has 0 N–H and O–H groups in total. The van der Waals surface area contributed by atoms with E-state index < -0.39 is 6.10 Å². The monoisotopic (exact) mass is 301 g/mol. The smallest absolute Gasteiger partial charge is 0.307 e. The minimum absolute atomic E-state index is 0.0381. The fraction of sp³-hybridized carbons (Fsp3) is 0.857. The lowest BCUT2D eigenvalue weighted by atomic mass is 10.2. The molecular formula is C14H23NO6. The first-order valence-corrected chi connectivity index (χ1v) is 7.37. The lowest BCUT2D eigenvalue weighted by Crippen LogP contribution is -2.48. The highest BCUT2D eigenvalue weighted by Crippen LogP contribution is 2.15. The van der Waals surface area contributed by atoms with Gasteiger partial charge in [0.05, 0.1) is 39.5 Å². The topological polar surface area (TPSA) is 74.3 Å². The fourth-order valence-corrected chi connectivity index (χ4v) is 2.49. The van der Waals surface area contributed by atoms with Gasteiger partial charge in [-0.15, -0.1) is 0 Å². The zero-order valence-corrected chi connectivity index (χ0v) is 12.4. The van der Waals surface area contributed by atoms with Crippen molar-refractivity contribution >= 4 is 11.9 Å². The van der Waals surface area contributed by atoms with Crippen LogP contribution in [0.5, 0.6) is 0 Å². The maximum absolute atomic E-state index is 12.5. The Labute approximate surface area is 124 Å². The third-order valence-corrected chi connectivity index (χ3v) is 3.66. The number of methoxy groups -OCH3 is 1. The molecule has 2 heterocycles. The second-order valence-electron chi connectivity index (χ2n) is 5.18. The van der Waals surface area contributed by atoms with Gasteiger partial charge in [0.1, 0.15) is 0 Å². The summed E-state index contributed by atoms with van der Waals surface area (Å²) in [6.45, 7) is 2.71. The summed E-state index contributed by atoms with van der Waals surface area (Å²) in [7, 11) is 1.34. The van der Waals surface area contributed by atoms with E-state index in [1.54, 1.807) is 4.90 Å². The largest absolute Gasteiger partial charge is 0.469 e. The van der Waals surface area contributed by atoms with Crippen molar-refractivity contribution in [3.8, 4) is 0 Å². The van der Waals surface area contributed by atoms with Crippen LogP contribution in [0.2, 0.25) is 0 Å². The molecule has 0 radical (unpaired) electrons. The van der Waals surface area contributed by atoms with E-state index in [0.717, 1.165) is 19.4 Å². The van der Waals surface area contributed by atoms with Gasteiger partial charge in [0.25, 0.3) is 5.91 Å². The van der Waals surface area contributed by atoms with Gasteiger partial charge in [-0.2, -0.15) is 0 Å². The molecule has 0 aliphatic carbocycles. The van der Waals surface area contributed by atoms with E-state index in [4.69, 9.17) is 14.2 Å². The number of rotatable bonds is 6. The summed E-state index contributed by atoms with van der Waals surface area (Å²) in [6, 6.07) is 0. The van der Waals surface area contributed by atoms with Gasteiger partial charge < -0.3 is 23.8 Å². The van der Waals surface area contributed by atoms with Crippen LogP contribution in [0.3, 0.4) is 0 Å². The molecule has 2 aliphatic rings. The van der Waals surface area contributed by atoms with Gasteiger partial charge in [-0.3, -0.25) is 9.59 Å². The van der Waals surface area contributed by atoms with E-state index in [-0.39, 0.29) is 31.0 Å². The van der Waals surface area contributed by atoms with Crippen molar-refractivity contribution < 1.29 is 28.5 Å². The van der Waals surface area contributed by atoms with Crippen molar-refractivity contribution in [2.75, 3.05) is 46.6 Å². The van der Waals surface area contributed by atoms with Crippen LogP contribution in [-0.2, 0) is 28.5 Å². The Bertz CT molecular complexity index is 349. The first-order valence-electron chi connectivity index (χ1n) is 7.37. The van der Waals surface area contributed by atoms with Crippen LogP contribution >= 0.6 is 0 Å². The standard InChI is InChI=1S/C14H23NO6/c1-18-13(16)4-5-15(9-11-3-2-6-20-11)14(17)12-10-19-7-8-21-12/h11-12H,2-10H2,1H3/t11-,12-/m0/s1. The molecule has 0 saturated carbocycles. The predicted octanol–water partition coefficient (Wildman–Crippen LogP) is -0.0275. The van der Waals surface area contributed by atoms with Crippen molar-refractivity contribution in [2.24, 2.45) is 0 Å². The highest BCUT2D eigenvalue weighted by molar-refractivity contribution is 5.81. The van der Waals surface area contributed by atoms with E-state index in [2.05, 4.69) is 4.74 Å². The number of amides is 1. The van der Waals surface area contributed by atoms with Gasteiger partial charge >= 0.3 is 5.97 Å². The zero-order chi connectivity index (χ0) is 15.1. The summed E-state index contributed by atoms with van der Waals surface area (Å²) >= 11 is 0. The second-order valence-corrected chi connectivity index (χ2v) is 5.18. The third kappa shape index (κ3) is 4.94. The minimum Gasteiger partial charge on any atom is -0.469 e. The molecule has 7 nitrogen and oxygen atoms in total. The maximum atomic E-state index is 12.5. The Balaban J connectivity index is 1.91. The van der Waals surface area contributed by atoms with E-state index in [9.17, 15) is 9.59 Å². The molecule has 2 fully saturated rings. The molecule has 21 heavy (non-hydrogen) atoms. The quantitative estimate of drug-likeness (QED) is 0.642. The molecule has 1 amide bonds. The van der Waals surface area contributed by atoms with E-state index >= 15 is 0 Å². The highest BCUT2D eigenvalue weighted by atomic mass is 16.6. The molecule has 120 valence electrons. The minimum atomic E-state index is -0.585. The van der Waals surface area contributed by atoms with Crippen molar-refractivity contribution in [3.05, 3.63) is 0 Å². The third-order valence-electron chi connectivity index (χ3n) is 3.66. The number of carbonyl (C=O) groups excluding carboxylic acids is 2. The lowest BCUT2D eigenvalue weighted by molar-refractivity contribution is -0.160. The van der Waals surface area contributed by atoms with Gasteiger partial charge in [-0.05, 0) is 12.8 Å². The van der Waals surface area contributed by atoms with Gasteiger partial charge in [0, 0.05) is 19.7 Å². The molecule has 0 aromatic heterocycles. The first kappa shape index (κ1) is 16.2. The molecule has 2 atom stereocenters. The van der Waals surface area contributed by atoms with Crippen LogP contribution in [-0.4, -0.2) is 75.6 Å². The Kier molecular flexibility index (Phi) is 6.41. The van der Waals surface area contributed by atoms with Crippen molar-refractivity contribution in [1.82, 2.24) is 4.90 Å². The van der Waals surface area contributed by atoms with Crippen LogP contribution in [0.25, 0.3) is 0 Å². The van der Waals surface area contributed by atoms with Crippen LogP contribution in [0.4, 0.5) is 0 Å². The van der Waals surface area contributed by atoms with Gasteiger partial charge in [-0.1, -0.05) is 0 Å². The molecule has 0 aromatic carbocycles.